The third-order valence-corrected chi connectivity index (χ3v) is 5.18. The summed E-state index contributed by atoms with van der Waals surface area (Å²) < 4.78 is 38.4. The molecule has 0 unspecified atom stereocenters. The Kier molecular flexibility index (Phi) is 4.96. The Morgan fingerprint density at radius 2 is 1.96 bits per heavy atom. The van der Waals surface area contributed by atoms with E-state index in [1.54, 1.807) is 6.07 Å². The van der Waals surface area contributed by atoms with Crippen LogP contribution in [0.3, 0.4) is 0 Å². The zero-order valence-electron chi connectivity index (χ0n) is 12.4. The molecular formula is C13H16IN4O4S+. The van der Waals surface area contributed by atoms with Crippen molar-refractivity contribution in [2.75, 3.05) is 11.5 Å². The van der Waals surface area contributed by atoms with E-state index in [1.807, 2.05) is 36.4 Å². The Morgan fingerprint density at radius 3 is 2.48 bits per heavy atom. The van der Waals surface area contributed by atoms with E-state index in [4.69, 9.17) is 16.2 Å². The number of ether oxygens (including phenoxy) is 1. The number of benzene rings is 1. The highest BCUT2D eigenvalue weighted by molar-refractivity contribution is 14.1. The predicted molar refractivity (Wildman–Crippen MR) is 92.8 cm³/mol. The Bertz CT molecular complexity index is 855. The highest BCUT2D eigenvalue weighted by Gasteiger charge is 2.21. The molecule has 2 aromatic rings. The van der Waals surface area contributed by atoms with E-state index < -0.39 is 10.1 Å². The lowest BCUT2D eigenvalue weighted by molar-refractivity contribution is -0.365. The Balaban J connectivity index is 2.59. The lowest BCUT2D eigenvalue weighted by atomic mass is 10.0. The molecule has 0 atom stereocenters. The molecule has 1 heterocycles. The van der Waals surface area contributed by atoms with Gasteiger partial charge in [0.1, 0.15) is 16.8 Å². The number of hydrogen-bond acceptors (Lipinski definition) is 6. The van der Waals surface area contributed by atoms with Gasteiger partial charge < -0.3 is 10.5 Å². The van der Waals surface area contributed by atoms with Gasteiger partial charge >= 0.3 is 5.95 Å². The van der Waals surface area contributed by atoms with Gasteiger partial charge in [0.15, 0.2) is 0 Å². The molecule has 8 nitrogen and oxygen atoms in total. The average Bonchev–Trinajstić information content (AvgIpc) is 2.41. The molecule has 10 heteroatoms. The van der Waals surface area contributed by atoms with Gasteiger partial charge in [-0.1, -0.05) is 13.8 Å². The molecule has 0 radical (unpaired) electrons. The molecule has 0 aliphatic rings. The first-order valence-corrected chi connectivity index (χ1v) is 9.04. The Morgan fingerprint density at radius 1 is 1.30 bits per heavy atom. The molecule has 0 bridgehead atoms. The standard InChI is InChI=1S/C13H15IN4O4S/c1-6(2)7-3-8(14)11(23(19,20)21)4-9(7)22-10-5-17-13(16)18-12(10)15/h3-6H,1-2H3,(H,19,20,21)(H4,15,16,17,18)/p+1. The van der Waals surface area contributed by atoms with Crippen LogP contribution in [-0.4, -0.2) is 18.0 Å². The van der Waals surface area contributed by atoms with Crippen LogP contribution in [0.2, 0.25) is 0 Å². The minimum Gasteiger partial charge on any atom is -0.448 e. The maximum Gasteiger partial charge on any atom is 0.389 e. The summed E-state index contributed by atoms with van der Waals surface area (Å²) in [6, 6.07) is 2.91. The van der Waals surface area contributed by atoms with Crippen molar-refractivity contribution in [2.45, 2.75) is 24.7 Å². The first kappa shape index (κ1) is 17.7. The number of anilines is 2. The lowest BCUT2D eigenvalue weighted by Crippen LogP contribution is -2.14. The van der Waals surface area contributed by atoms with Crippen LogP contribution < -0.4 is 21.2 Å². The number of hydrogen-bond donors (Lipinski definition) is 3. The normalized spacial score (nSPS) is 11.7. The molecule has 2 rings (SSSR count). The summed E-state index contributed by atoms with van der Waals surface area (Å²) in [5.74, 6) is 0.701. The quantitative estimate of drug-likeness (QED) is 0.475. The first-order valence-electron chi connectivity index (χ1n) is 6.52. The van der Waals surface area contributed by atoms with Crippen LogP contribution in [0.25, 0.3) is 0 Å². The summed E-state index contributed by atoms with van der Waals surface area (Å²) in [5, 5.41) is 0. The number of halogens is 1. The first-order chi connectivity index (χ1) is 10.6. The number of rotatable bonds is 4. The second kappa shape index (κ2) is 6.45. The minimum absolute atomic E-state index is 0.0564. The van der Waals surface area contributed by atoms with Crippen LogP contribution in [0.15, 0.2) is 23.2 Å². The number of nitrogens with zero attached hydrogens (tertiary/aromatic N) is 1. The van der Waals surface area contributed by atoms with E-state index in [-0.39, 0.29) is 34.1 Å². The van der Waals surface area contributed by atoms with E-state index in [0.29, 0.717) is 3.57 Å². The number of nitrogens with two attached hydrogens (primary N) is 2. The lowest BCUT2D eigenvalue weighted by Gasteiger charge is -2.15. The highest BCUT2D eigenvalue weighted by Crippen LogP contribution is 2.36. The fraction of sp³-hybridized carbons (Fsp3) is 0.231. The predicted octanol–water partition coefficient (Wildman–Crippen LogP) is 1.83. The summed E-state index contributed by atoms with van der Waals surface area (Å²) in [4.78, 5) is 6.26. The monoisotopic (exact) mass is 451 g/mol. The average molecular weight is 451 g/mol. The van der Waals surface area contributed by atoms with Crippen molar-refractivity contribution in [3.05, 3.63) is 27.5 Å². The van der Waals surface area contributed by atoms with Crippen LogP contribution in [0.5, 0.6) is 11.5 Å². The van der Waals surface area contributed by atoms with Crippen LogP contribution in [-0.2, 0) is 10.1 Å². The zero-order chi connectivity index (χ0) is 17.4. The van der Waals surface area contributed by atoms with Crippen LogP contribution in [0, 0.1) is 3.57 Å². The molecule has 0 aliphatic carbocycles. The van der Waals surface area contributed by atoms with Crippen molar-refractivity contribution in [3.8, 4) is 11.5 Å². The number of aromatic amines is 1. The van der Waals surface area contributed by atoms with E-state index in [1.165, 1.54) is 12.3 Å². The van der Waals surface area contributed by atoms with Crippen molar-refractivity contribution in [2.24, 2.45) is 0 Å². The minimum atomic E-state index is -4.37. The molecule has 0 aliphatic heterocycles. The molecule has 0 amide bonds. The zero-order valence-corrected chi connectivity index (χ0v) is 15.3. The van der Waals surface area contributed by atoms with Crippen LogP contribution in [0.4, 0.5) is 11.8 Å². The molecule has 0 fully saturated rings. The van der Waals surface area contributed by atoms with Crippen molar-refractivity contribution in [3.63, 3.8) is 0 Å². The maximum atomic E-state index is 11.5. The van der Waals surface area contributed by atoms with Crippen molar-refractivity contribution < 1.29 is 22.7 Å². The fourth-order valence-electron chi connectivity index (χ4n) is 1.92. The van der Waals surface area contributed by atoms with Gasteiger partial charge in [0.2, 0.25) is 11.6 Å². The SMILES string of the molecule is CC(C)c1cc(I)c(S(=O)(=O)O)cc1Oc1c[nH+]c(N)nc1N. The molecule has 1 aromatic heterocycles. The summed E-state index contributed by atoms with van der Waals surface area (Å²) in [5.41, 5.74) is 12.0. The Hall–Kier alpha value is -1.66. The largest absolute Gasteiger partial charge is 0.448 e. The van der Waals surface area contributed by atoms with Gasteiger partial charge in [-0.2, -0.15) is 8.42 Å². The molecule has 1 aromatic carbocycles. The molecule has 124 valence electrons. The number of nitrogen functional groups attached to an aromatic ring is 2. The topological polar surface area (TPSA) is 143 Å². The van der Waals surface area contributed by atoms with Gasteiger partial charge in [0.25, 0.3) is 10.1 Å². The summed E-state index contributed by atoms with van der Waals surface area (Å²) in [7, 11) is -4.37. The van der Waals surface area contributed by atoms with Gasteiger partial charge in [-0.3, -0.25) is 10.3 Å². The van der Waals surface area contributed by atoms with Crippen molar-refractivity contribution >= 4 is 44.5 Å². The van der Waals surface area contributed by atoms with E-state index >= 15 is 0 Å². The summed E-state index contributed by atoms with van der Waals surface area (Å²) in [6.07, 6.45) is 1.42. The molecular weight excluding hydrogens is 435 g/mol. The number of H-pyrrole nitrogens is 1. The van der Waals surface area contributed by atoms with Gasteiger partial charge in [0.05, 0.1) is 0 Å². The third kappa shape index (κ3) is 4.00. The molecule has 0 saturated heterocycles. The number of nitrogens with one attached hydrogen (secondary N) is 1. The summed E-state index contributed by atoms with van der Waals surface area (Å²) >= 11 is 1.85. The number of aromatic nitrogens is 2. The second-order valence-electron chi connectivity index (χ2n) is 5.09. The van der Waals surface area contributed by atoms with E-state index in [2.05, 4.69) is 9.97 Å². The van der Waals surface area contributed by atoms with E-state index in [0.717, 1.165) is 5.56 Å². The third-order valence-electron chi connectivity index (χ3n) is 3.03. The van der Waals surface area contributed by atoms with Crippen molar-refractivity contribution in [1.29, 1.82) is 0 Å². The summed E-state index contributed by atoms with van der Waals surface area (Å²) in [6.45, 7) is 3.87. The van der Waals surface area contributed by atoms with Gasteiger partial charge in [-0.25, -0.2) is 4.98 Å². The van der Waals surface area contributed by atoms with Crippen LogP contribution in [0.1, 0.15) is 25.3 Å². The van der Waals surface area contributed by atoms with Crippen molar-refractivity contribution in [1.82, 2.24) is 4.98 Å². The molecule has 0 saturated carbocycles. The fourth-order valence-corrected chi connectivity index (χ4v) is 3.81. The maximum absolute atomic E-state index is 11.5. The van der Waals surface area contributed by atoms with Gasteiger partial charge in [-0.15, -0.1) is 0 Å². The van der Waals surface area contributed by atoms with Crippen LogP contribution >= 0.6 is 22.6 Å². The van der Waals surface area contributed by atoms with Gasteiger partial charge in [0, 0.05) is 9.64 Å². The van der Waals surface area contributed by atoms with Gasteiger partial charge in [-0.05, 0) is 45.1 Å². The molecule has 23 heavy (non-hydrogen) atoms. The smallest absolute Gasteiger partial charge is 0.389 e. The highest BCUT2D eigenvalue weighted by atomic mass is 127. The Labute approximate surface area is 147 Å². The van der Waals surface area contributed by atoms with E-state index in [9.17, 15) is 13.0 Å². The molecule has 6 N–H and O–H groups in total. The second-order valence-corrected chi connectivity index (χ2v) is 7.64. The molecule has 0 spiro atoms.